The first-order chi connectivity index (χ1) is 13.2. The van der Waals surface area contributed by atoms with Gasteiger partial charge < -0.3 is 19.8 Å². The van der Waals surface area contributed by atoms with Crippen molar-refractivity contribution in [2.45, 2.75) is 0 Å². The quantitative estimate of drug-likeness (QED) is 0.558. The van der Waals surface area contributed by atoms with Crippen molar-refractivity contribution in [3.8, 4) is 17.0 Å². The van der Waals surface area contributed by atoms with E-state index in [0.717, 1.165) is 16.9 Å². The summed E-state index contributed by atoms with van der Waals surface area (Å²) in [6, 6.07) is 20.4. The molecule has 6 heteroatoms. The van der Waals surface area contributed by atoms with Gasteiger partial charge in [-0.1, -0.05) is 30.3 Å². The monoisotopic (exact) mass is 358 g/mol. The highest BCUT2D eigenvalue weighted by Crippen LogP contribution is 2.24. The number of amides is 2. The van der Waals surface area contributed by atoms with Crippen LogP contribution in [0.15, 0.2) is 79.1 Å². The smallest absolute Gasteiger partial charge is 0.323 e. The SMILES string of the molecule is COc1ccccc1NC(=O)Nc1ccc(-c2cn3ccccc3n2)cc1. The molecule has 2 N–H and O–H groups in total. The molecule has 2 heterocycles. The normalized spacial score (nSPS) is 10.6. The summed E-state index contributed by atoms with van der Waals surface area (Å²) < 4.78 is 7.21. The Bertz CT molecular complexity index is 1050. The first-order valence-electron chi connectivity index (χ1n) is 8.48. The number of carbonyl (C=O) groups is 1. The number of hydrogen-bond donors (Lipinski definition) is 2. The molecule has 2 aromatic heterocycles. The lowest BCUT2D eigenvalue weighted by Crippen LogP contribution is -2.19. The Morgan fingerprint density at radius 3 is 2.52 bits per heavy atom. The molecule has 2 amide bonds. The summed E-state index contributed by atoms with van der Waals surface area (Å²) in [6.07, 6.45) is 3.94. The molecule has 0 fully saturated rings. The third-order valence-corrected chi connectivity index (χ3v) is 4.16. The number of nitrogens with one attached hydrogen (secondary N) is 2. The number of methoxy groups -OCH3 is 1. The Balaban J connectivity index is 1.46. The van der Waals surface area contributed by atoms with Gasteiger partial charge in [-0.3, -0.25) is 0 Å². The molecule has 134 valence electrons. The van der Waals surface area contributed by atoms with Crippen LogP contribution in [0.2, 0.25) is 0 Å². The van der Waals surface area contributed by atoms with E-state index in [9.17, 15) is 4.79 Å². The van der Waals surface area contributed by atoms with Gasteiger partial charge in [0.05, 0.1) is 18.5 Å². The Morgan fingerprint density at radius 2 is 1.74 bits per heavy atom. The summed E-state index contributed by atoms with van der Waals surface area (Å²) >= 11 is 0. The van der Waals surface area contributed by atoms with Gasteiger partial charge in [0.25, 0.3) is 0 Å². The number of benzene rings is 2. The van der Waals surface area contributed by atoms with Gasteiger partial charge in [0.1, 0.15) is 11.4 Å². The molecule has 6 nitrogen and oxygen atoms in total. The average Bonchev–Trinajstić information content (AvgIpc) is 3.13. The van der Waals surface area contributed by atoms with Gasteiger partial charge in [-0.25, -0.2) is 9.78 Å². The summed E-state index contributed by atoms with van der Waals surface area (Å²) in [6.45, 7) is 0. The van der Waals surface area contributed by atoms with Crippen LogP contribution in [0, 0.1) is 0 Å². The molecule has 27 heavy (non-hydrogen) atoms. The molecular formula is C21H18N4O2. The van der Waals surface area contributed by atoms with Crippen molar-refractivity contribution in [2.75, 3.05) is 17.7 Å². The maximum absolute atomic E-state index is 12.2. The van der Waals surface area contributed by atoms with Crippen LogP contribution in [-0.2, 0) is 0 Å². The molecule has 0 unspecified atom stereocenters. The Kier molecular flexibility index (Phi) is 4.45. The van der Waals surface area contributed by atoms with E-state index in [1.54, 1.807) is 19.2 Å². The number of carbonyl (C=O) groups excluding carboxylic acids is 1. The molecule has 0 saturated heterocycles. The van der Waals surface area contributed by atoms with Gasteiger partial charge in [0.2, 0.25) is 0 Å². The number of nitrogens with zero attached hydrogens (tertiary/aromatic N) is 2. The van der Waals surface area contributed by atoms with Gasteiger partial charge >= 0.3 is 6.03 Å². The summed E-state index contributed by atoms with van der Waals surface area (Å²) in [7, 11) is 1.57. The highest BCUT2D eigenvalue weighted by Gasteiger charge is 2.08. The van der Waals surface area contributed by atoms with Gasteiger partial charge in [0.15, 0.2) is 0 Å². The fourth-order valence-electron chi connectivity index (χ4n) is 2.83. The number of anilines is 2. The minimum Gasteiger partial charge on any atom is -0.495 e. The summed E-state index contributed by atoms with van der Waals surface area (Å²) in [5, 5.41) is 5.60. The molecule has 0 bridgehead atoms. The molecule has 0 atom stereocenters. The molecule has 0 aliphatic carbocycles. The lowest BCUT2D eigenvalue weighted by atomic mass is 10.1. The molecular weight excluding hydrogens is 340 g/mol. The first kappa shape index (κ1) is 16.7. The first-order valence-corrected chi connectivity index (χ1v) is 8.48. The van der Waals surface area contributed by atoms with Crippen molar-refractivity contribution in [3.63, 3.8) is 0 Å². The van der Waals surface area contributed by atoms with Crippen molar-refractivity contribution in [1.29, 1.82) is 0 Å². The Hall–Kier alpha value is -3.80. The van der Waals surface area contributed by atoms with Crippen LogP contribution in [0.3, 0.4) is 0 Å². The van der Waals surface area contributed by atoms with Crippen LogP contribution in [0.5, 0.6) is 5.75 Å². The van der Waals surface area contributed by atoms with E-state index in [1.165, 1.54) is 0 Å². The topological polar surface area (TPSA) is 67.7 Å². The maximum atomic E-state index is 12.2. The van der Waals surface area contributed by atoms with Crippen molar-refractivity contribution >= 4 is 23.1 Å². The van der Waals surface area contributed by atoms with Crippen LogP contribution in [0.25, 0.3) is 16.9 Å². The molecule has 0 aliphatic heterocycles. The predicted molar refractivity (Wildman–Crippen MR) is 106 cm³/mol. The minimum atomic E-state index is -0.333. The van der Waals surface area contributed by atoms with E-state index < -0.39 is 0 Å². The zero-order valence-electron chi connectivity index (χ0n) is 14.7. The Morgan fingerprint density at radius 1 is 0.963 bits per heavy atom. The number of para-hydroxylation sites is 2. The largest absolute Gasteiger partial charge is 0.495 e. The number of aromatic nitrogens is 2. The molecule has 2 aromatic carbocycles. The van der Waals surface area contributed by atoms with Crippen LogP contribution >= 0.6 is 0 Å². The van der Waals surface area contributed by atoms with Gasteiger partial charge in [-0.15, -0.1) is 0 Å². The van der Waals surface area contributed by atoms with Crippen LogP contribution in [0.1, 0.15) is 0 Å². The second kappa shape index (κ2) is 7.21. The lowest BCUT2D eigenvalue weighted by molar-refractivity contribution is 0.262. The number of fused-ring (bicyclic) bond motifs is 1. The van der Waals surface area contributed by atoms with E-state index in [-0.39, 0.29) is 6.03 Å². The van der Waals surface area contributed by atoms with Gasteiger partial charge in [-0.05, 0) is 36.4 Å². The fraction of sp³-hybridized carbons (Fsp3) is 0.0476. The molecule has 4 rings (SSSR count). The average molecular weight is 358 g/mol. The van der Waals surface area contributed by atoms with E-state index >= 15 is 0 Å². The minimum absolute atomic E-state index is 0.333. The standard InChI is InChI=1S/C21H18N4O2/c1-27-19-7-3-2-6-17(19)24-21(26)22-16-11-9-15(10-12-16)18-14-25-13-5-4-8-20(25)23-18/h2-14H,1H3,(H2,22,24,26). The second-order valence-corrected chi connectivity index (χ2v) is 5.95. The number of ether oxygens (including phenoxy) is 1. The van der Waals surface area contributed by atoms with Crippen LogP contribution in [-0.4, -0.2) is 22.5 Å². The summed E-state index contributed by atoms with van der Waals surface area (Å²) in [5.41, 5.74) is 4.06. The molecule has 0 radical (unpaired) electrons. The molecule has 4 aromatic rings. The van der Waals surface area contributed by atoms with E-state index in [1.807, 2.05) is 71.4 Å². The third kappa shape index (κ3) is 3.59. The van der Waals surface area contributed by atoms with Crippen molar-refractivity contribution in [1.82, 2.24) is 9.38 Å². The van der Waals surface area contributed by atoms with Gasteiger partial charge in [-0.2, -0.15) is 0 Å². The number of hydrogen-bond acceptors (Lipinski definition) is 3. The fourth-order valence-corrected chi connectivity index (χ4v) is 2.83. The zero-order chi connectivity index (χ0) is 18.6. The Labute approximate surface area is 156 Å². The number of urea groups is 1. The number of pyridine rings is 1. The maximum Gasteiger partial charge on any atom is 0.323 e. The zero-order valence-corrected chi connectivity index (χ0v) is 14.7. The van der Waals surface area contributed by atoms with Crippen LogP contribution in [0.4, 0.5) is 16.2 Å². The van der Waals surface area contributed by atoms with Crippen molar-refractivity contribution in [3.05, 3.63) is 79.1 Å². The van der Waals surface area contributed by atoms with Crippen molar-refractivity contribution in [2.24, 2.45) is 0 Å². The van der Waals surface area contributed by atoms with E-state index in [2.05, 4.69) is 15.6 Å². The van der Waals surface area contributed by atoms with E-state index in [4.69, 9.17) is 4.74 Å². The highest BCUT2D eigenvalue weighted by atomic mass is 16.5. The molecule has 0 saturated carbocycles. The number of rotatable bonds is 4. The molecule has 0 aliphatic rings. The molecule has 0 spiro atoms. The number of imidazole rings is 1. The second-order valence-electron chi connectivity index (χ2n) is 5.95. The van der Waals surface area contributed by atoms with Crippen molar-refractivity contribution < 1.29 is 9.53 Å². The van der Waals surface area contributed by atoms with Crippen LogP contribution < -0.4 is 15.4 Å². The third-order valence-electron chi connectivity index (χ3n) is 4.16. The van der Waals surface area contributed by atoms with Gasteiger partial charge in [0, 0.05) is 23.6 Å². The predicted octanol–water partition coefficient (Wildman–Crippen LogP) is 4.65. The summed E-state index contributed by atoms with van der Waals surface area (Å²) in [5.74, 6) is 0.606. The lowest BCUT2D eigenvalue weighted by Gasteiger charge is -2.11. The highest BCUT2D eigenvalue weighted by molar-refractivity contribution is 6.00. The van der Waals surface area contributed by atoms with E-state index in [0.29, 0.717) is 17.1 Å². The summed E-state index contributed by atoms with van der Waals surface area (Å²) in [4.78, 5) is 16.8.